The van der Waals surface area contributed by atoms with Crippen molar-refractivity contribution < 1.29 is 13.2 Å². The minimum atomic E-state index is -3.60. The van der Waals surface area contributed by atoms with Crippen LogP contribution in [0, 0.1) is 13.8 Å². The molecule has 0 aliphatic carbocycles. The van der Waals surface area contributed by atoms with Crippen molar-refractivity contribution in [3.05, 3.63) is 29.3 Å². The molecule has 0 spiro atoms. The summed E-state index contributed by atoms with van der Waals surface area (Å²) in [5.74, 6) is 0.680. The quantitative estimate of drug-likeness (QED) is 0.916. The summed E-state index contributed by atoms with van der Waals surface area (Å²) >= 11 is 1.18. The van der Waals surface area contributed by atoms with Crippen molar-refractivity contribution >= 4 is 26.9 Å². The summed E-state index contributed by atoms with van der Waals surface area (Å²) in [5.41, 5.74) is 1.96. The zero-order valence-electron chi connectivity index (χ0n) is 10.3. The Hall–Kier alpha value is -0.850. The topological polar surface area (TPSA) is 63.2 Å². The van der Waals surface area contributed by atoms with E-state index in [1.807, 2.05) is 13.8 Å². The van der Waals surface area contributed by atoms with Gasteiger partial charge in [-0.25, -0.2) is 8.42 Å². The van der Waals surface area contributed by atoms with Crippen molar-refractivity contribution in [2.75, 3.05) is 5.75 Å². The van der Waals surface area contributed by atoms with Crippen LogP contribution < -0.4 is 4.72 Å². The van der Waals surface area contributed by atoms with E-state index in [0.29, 0.717) is 12.2 Å². The number of carbonyl (C=O) groups excluding carboxylic acids is 1. The van der Waals surface area contributed by atoms with Gasteiger partial charge in [0.25, 0.3) is 0 Å². The Morgan fingerprint density at radius 1 is 1.28 bits per heavy atom. The third-order valence-corrected chi connectivity index (χ3v) is 5.50. The molecule has 1 saturated heterocycles. The third-order valence-electron chi connectivity index (χ3n) is 3.02. The van der Waals surface area contributed by atoms with E-state index < -0.39 is 16.1 Å². The molecule has 1 fully saturated rings. The first-order valence-electron chi connectivity index (χ1n) is 5.66. The van der Waals surface area contributed by atoms with Crippen LogP contribution in [0.1, 0.15) is 17.5 Å². The summed E-state index contributed by atoms with van der Waals surface area (Å²) in [4.78, 5) is 11.7. The number of nitrogens with one attached hydrogen (secondary N) is 1. The highest BCUT2D eigenvalue weighted by Gasteiger charge is 2.30. The molecule has 1 N–H and O–H groups in total. The lowest BCUT2D eigenvalue weighted by atomic mass is 10.1. The van der Waals surface area contributed by atoms with E-state index in [9.17, 15) is 13.2 Å². The molecule has 1 aromatic carbocycles. The molecule has 1 aliphatic rings. The molecule has 1 aromatic rings. The summed E-state index contributed by atoms with van der Waals surface area (Å²) in [7, 11) is -3.60. The van der Waals surface area contributed by atoms with Gasteiger partial charge in [-0.2, -0.15) is 4.72 Å². The van der Waals surface area contributed by atoms with Crippen LogP contribution in [0.25, 0.3) is 0 Å². The first kappa shape index (κ1) is 13.6. The van der Waals surface area contributed by atoms with E-state index in [1.54, 1.807) is 18.2 Å². The number of rotatable bonds is 3. The standard InChI is InChI=1S/C12H15NO3S2/c1-8-3-4-10(7-9(8)2)18(15,16)13-11-5-6-17-12(11)14/h3-4,7,11,13H,5-6H2,1-2H3/t11-/m1/s1. The molecule has 1 aliphatic heterocycles. The highest BCUT2D eigenvalue weighted by atomic mass is 32.2. The van der Waals surface area contributed by atoms with Gasteiger partial charge in [-0.05, 0) is 43.5 Å². The molecular formula is C12H15NO3S2. The Balaban J connectivity index is 2.25. The normalized spacial score (nSPS) is 20.3. The minimum Gasteiger partial charge on any atom is -0.285 e. The Morgan fingerprint density at radius 3 is 2.56 bits per heavy atom. The number of carbonyl (C=O) groups is 1. The predicted octanol–water partition coefficient (Wildman–Crippen LogP) is 1.61. The zero-order valence-corrected chi connectivity index (χ0v) is 11.9. The number of sulfonamides is 1. The number of aryl methyl sites for hydroxylation is 2. The van der Waals surface area contributed by atoms with Gasteiger partial charge in [0, 0.05) is 5.75 Å². The molecule has 0 unspecified atom stereocenters. The van der Waals surface area contributed by atoms with Gasteiger partial charge in [0.05, 0.1) is 10.9 Å². The first-order valence-corrected chi connectivity index (χ1v) is 8.13. The summed E-state index contributed by atoms with van der Waals surface area (Å²) < 4.78 is 26.7. The maximum atomic E-state index is 12.1. The van der Waals surface area contributed by atoms with Gasteiger partial charge in [-0.3, -0.25) is 4.79 Å². The molecule has 1 heterocycles. The van der Waals surface area contributed by atoms with Gasteiger partial charge in [0.1, 0.15) is 0 Å². The van der Waals surface area contributed by atoms with E-state index in [2.05, 4.69) is 4.72 Å². The molecule has 0 aromatic heterocycles. The molecule has 6 heteroatoms. The Kier molecular flexibility index (Phi) is 3.79. The fraction of sp³-hybridized carbons (Fsp3) is 0.417. The van der Waals surface area contributed by atoms with Crippen LogP contribution in [0.5, 0.6) is 0 Å². The summed E-state index contributed by atoms with van der Waals surface area (Å²) in [5, 5.41) is -0.0950. The van der Waals surface area contributed by atoms with Crippen LogP contribution in [0.2, 0.25) is 0 Å². The van der Waals surface area contributed by atoms with Gasteiger partial charge >= 0.3 is 0 Å². The van der Waals surface area contributed by atoms with E-state index in [0.717, 1.165) is 11.1 Å². The molecule has 4 nitrogen and oxygen atoms in total. The number of benzene rings is 1. The lowest BCUT2D eigenvalue weighted by molar-refractivity contribution is -0.111. The Bertz CT molecular complexity index is 581. The molecule has 2 rings (SSSR count). The fourth-order valence-corrected chi connectivity index (χ4v) is 4.06. The second kappa shape index (κ2) is 5.03. The highest BCUT2D eigenvalue weighted by Crippen LogP contribution is 2.22. The zero-order chi connectivity index (χ0) is 13.3. The Morgan fingerprint density at radius 2 is 2.00 bits per heavy atom. The van der Waals surface area contributed by atoms with Crippen LogP contribution >= 0.6 is 11.8 Å². The van der Waals surface area contributed by atoms with Crippen molar-refractivity contribution in [2.24, 2.45) is 0 Å². The van der Waals surface area contributed by atoms with Crippen molar-refractivity contribution in [3.8, 4) is 0 Å². The van der Waals surface area contributed by atoms with Gasteiger partial charge in [0.2, 0.25) is 15.1 Å². The maximum Gasteiger partial charge on any atom is 0.241 e. The SMILES string of the molecule is Cc1ccc(S(=O)(=O)N[C@@H]2CCSC2=O)cc1C. The van der Waals surface area contributed by atoms with Gasteiger partial charge < -0.3 is 0 Å². The Labute approximate surface area is 111 Å². The average Bonchev–Trinajstić information content (AvgIpc) is 2.67. The largest absolute Gasteiger partial charge is 0.285 e. The maximum absolute atomic E-state index is 12.1. The van der Waals surface area contributed by atoms with Gasteiger partial charge in [-0.15, -0.1) is 0 Å². The molecule has 0 saturated carbocycles. The molecule has 18 heavy (non-hydrogen) atoms. The molecule has 0 radical (unpaired) electrons. The number of thioether (sulfide) groups is 1. The van der Waals surface area contributed by atoms with E-state index >= 15 is 0 Å². The summed E-state index contributed by atoms with van der Waals surface area (Å²) in [6.07, 6.45) is 0.563. The van der Waals surface area contributed by atoms with Crippen molar-refractivity contribution in [3.63, 3.8) is 0 Å². The van der Waals surface area contributed by atoms with Crippen LogP contribution in [-0.4, -0.2) is 25.3 Å². The lowest BCUT2D eigenvalue weighted by Crippen LogP contribution is -2.37. The van der Waals surface area contributed by atoms with Crippen LogP contribution in [-0.2, 0) is 14.8 Å². The average molecular weight is 285 g/mol. The van der Waals surface area contributed by atoms with Crippen LogP contribution in [0.3, 0.4) is 0 Å². The van der Waals surface area contributed by atoms with Crippen LogP contribution in [0.15, 0.2) is 23.1 Å². The molecule has 0 bridgehead atoms. The van der Waals surface area contributed by atoms with Crippen molar-refractivity contribution in [1.29, 1.82) is 0 Å². The van der Waals surface area contributed by atoms with E-state index in [1.165, 1.54) is 11.8 Å². The molecule has 1 atom stereocenters. The number of hydrogen-bond acceptors (Lipinski definition) is 4. The van der Waals surface area contributed by atoms with Crippen LogP contribution in [0.4, 0.5) is 0 Å². The minimum absolute atomic E-state index is 0.0950. The fourth-order valence-electron chi connectivity index (χ4n) is 1.74. The second-order valence-electron chi connectivity index (χ2n) is 4.38. The third kappa shape index (κ3) is 2.76. The summed E-state index contributed by atoms with van der Waals surface area (Å²) in [6, 6.07) is 4.39. The van der Waals surface area contributed by atoms with E-state index in [-0.39, 0.29) is 10.0 Å². The van der Waals surface area contributed by atoms with E-state index in [4.69, 9.17) is 0 Å². The summed E-state index contributed by atoms with van der Waals surface area (Å²) in [6.45, 7) is 3.79. The number of hydrogen-bond donors (Lipinski definition) is 1. The molecule has 98 valence electrons. The van der Waals surface area contributed by atoms with Gasteiger partial charge in [-0.1, -0.05) is 17.8 Å². The molecular weight excluding hydrogens is 270 g/mol. The highest BCUT2D eigenvalue weighted by molar-refractivity contribution is 8.14. The lowest BCUT2D eigenvalue weighted by Gasteiger charge is -2.12. The van der Waals surface area contributed by atoms with Gasteiger partial charge in [0.15, 0.2) is 0 Å². The van der Waals surface area contributed by atoms with Crippen molar-refractivity contribution in [2.45, 2.75) is 31.2 Å². The monoisotopic (exact) mass is 285 g/mol. The predicted molar refractivity (Wildman–Crippen MR) is 72.1 cm³/mol. The first-order chi connectivity index (χ1) is 8.40. The molecule has 0 amide bonds. The smallest absolute Gasteiger partial charge is 0.241 e. The second-order valence-corrected chi connectivity index (χ2v) is 7.19. The van der Waals surface area contributed by atoms with Crippen molar-refractivity contribution in [1.82, 2.24) is 4.72 Å².